The SMILES string of the molecule is C#CCNC(=O)CCNC(=O)c1cc(S(=O)(=O)N(C)C)ccc1N1CCOCC1. The zero-order valence-electron chi connectivity index (χ0n) is 16.6. The van der Waals surface area contributed by atoms with E-state index < -0.39 is 15.9 Å². The summed E-state index contributed by atoms with van der Waals surface area (Å²) in [5.74, 6) is 1.57. The summed E-state index contributed by atoms with van der Waals surface area (Å²) in [5, 5.41) is 5.19. The Labute approximate surface area is 171 Å². The number of carbonyl (C=O) groups is 2. The second-order valence-corrected chi connectivity index (χ2v) is 8.70. The van der Waals surface area contributed by atoms with Gasteiger partial charge < -0.3 is 20.3 Å². The van der Waals surface area contributed by atoms with E-state index >= 15 is 0 Å². The third-order valence-electron chi connectivity index (χ3n) is 4.37. The van der Waals surface area contributed by atoms with Gasteiger partial charge in [-0.05, 0) is 18.2 Å². The van der Waals surface area contributed by atoms with Gasteiger partial charge in [0.05, 0.1) is 30.2 Å². The summed E-state index contributed by atoms with van der Waals surface area (Å²) in [4.78, 5) is 26.4. The average Bonchev–Trinajstić information content (AvgIpc) is 2.72. The number of morpholine rings is 1. The molecule has 0 radical (unpaired) electrons. The number of hydrogen-bond acceptors (Lipinski definition) is 6. The molecule has 0 saturated carbocycles. The third kappa shape index (κ3) is 5.93. The summed E-state index contributed by atoms with van der Waals surface area (Å²) in [5.41, 5.74) is 0.860. The van der Waals surface area contributed by atoms with Crippen molar-refractivity contribution in [1.82, 2.24) is 14.9 Å². The first-order chi connectivity index (χ1) is 13.8. The summed E-state index contributed by atoms with van der Waals surface area (Å²) in [6.45, 7) is 2.45. The Morgan fingerprint density at radius 2 is 1.93 bits per heavy atom. The molecule has 1 aromatic carbocycles. The minimum absolute atomic E-state index is 0.0245. The van der Waals surface area contributed by atoms with Gasteiger partial charge in [-0.15, -0.1) is 6.42 Å². The van der Waals surface area contributed by atoms with Crippen molar-refractivity contribution in [2.24, 2.45) is 0 Å². The molecule has 0 bridgehead atoms. The van der Waals surface area contributed by atoms with Gasteiger partial charge >= 0.3 is 0 Å². The second kappa shape index (κ2) is 10.2. The van der Waals surface area contributed by atoms with E-state index in [1.54, 1.807) is 6.07 Å². The molecule has 0 atom stereocenters. The van der Waals surface area contributed by atoms with Gasteiger partial charge in [0, 0.05) is 45.8 Å². The Hall–Kier alpha value is -2.61. The van der Waals surface area contributed by atoms with Crippen LogP contribution in [-0.4, -0.2) is 78.0 Å². The van der Waals surface area contributed by atoms with Crippen LogP contribution in [0.2, 0.25) is 0 Å². The van der Waals surface area contributed by atoms with Crippen LogP contribution in [0.4, 0.5) is 5.69 Å². The fraction of sp³-hybridized carbons (Fsp3) is 0.474. The number of terminal acetylenes is 1. The number of rotatable bonds is 8. The summed E-state index contributed by atoms with van der Waals surface area (Å²) in [7, 11) is -0.837. The molecule has 0 aromatic heterocycles. The van der Waals surface area contributed by atoms with E-state index in [4.69, 9.17) is 11.2 Å². The topological polar surface area (TPSA) is 108 Å². The maximum Gasteiger partial charge on any atom is 0.253 e. The fourth-order valence-electron chi connectivity index (χ4n) is 2.77. The molecule has 2 N–H and O–H groups in total. The standard InChI is InChI=1S/C19H26N4O5S/c1-4-8-20-18(24)7-9-21-19(25)16-14-15(29(26,27)22(2)3)5-6-17(16)23-10-12-28-13-11-23/h1,5-6,14H,7-13H2,2-3H3,(H,20,24)(H,21,25). The Morgan fingerprint density at radius 1 is 1.24 bits per heavy atom. The lowest BCUT2D eigenvalue weighted by atomic mass is 10.1. The first-order valence-corrected chi connectivity index (χ1v) is 10.6. The van der Waals surface area contributed by atoms with Crippen molar-refractivity contribution >= 4 is 27.5 Å². The van der Waals surface area contributed by atoms with E-state index in [9.17, 15) is 18.0 Å². The number of carbonyl (C=O) groups excluding carboxylic acids is 2. The minimum Gasteiger partial charge on any atom is -0.378 e. The molecule has 1 heterocycles. The summed E-state index contributed by atoms with van der Waals surface area (Å²) < 4.78 is 31.4. The van der Waals surface area contributed by atoms with Gasteiger partial charge in [0.15, 0.2) is 0 Å². The van der Waals surface area contributed by atoms with E-state index in [1.807, 2.05) is 4.90 Å². The predicted octanol–water partition coefficient (Wildman–Crippen LogP) is -0.357. The Balaban J connectivity index is 2.24. The van der Waals surface area contributed by atoms with Gasteiger partial charge in [-0.3, -0.25) is 9.59 Å². The molecule has 0 aliphatic carbocycles. The van der Waals surface area contributed by atoms with Gasteiger partial charge in [0.25, 0.3) is 5.91 Å². The molecule has 29 heavy (non-hydrogen) atoms. The van der Waals surface area contributed by atoms with Crippen molar-refractivity contribution in [2.45, 2.75) is 11.3 Å². The van der Waals surface area contributed by atoms with Gasteiger partial charge in [-0.25, -0.2) is 12.7 Å². The van der Waals surface area contributed by atoms with Crippen LogP contribution in [-0.2, 0) is 19.6 Å². The smallest absolute Gasteiger partial charge is 0.253 e. The summed E-state index contributed by atoms with van der Waals surface area (Å²) >= 11 is 0. The predicted molar refractivity (Wildman–Crippen MR) is 109 cm³/mol. The van der Waals surface area contributed by atoms with Crippen molar-refractivity contribution in [3.8, 4) is 12.3 Å². The first-order valence-electron chi connectivity index (χ1n) is 9.15. The maximum absolute atomic E-state index is 12.8. The third-order valence-corrected chi connectivity index (χ3v) is 6.18. The number of benzene rings is 1. The van der Waals surface area contributed by atoms with Crippen molar-refractivity contribution in [1.29, 1.82) is 0 Å². The summed E-state index contributed by atoms with van der Waals surface area (Å²) in [6, 6.07) is 4.49. The van der Waals surface area contributed by atoms with Crippen LogP contribution in [0.3, 0.4) is 0 Å². The molecule has 1 aliphatic heterocycles. The number of amides is 2. The molecule has 0 spiro atoms. The lowest BCUT2D eigenvalue weighted by Crippen LogP contribution is -2.38. The largest absolute Gasteiger partial charge is 0.378 e. The van der Waals surface area contributed by atoms with Crippen molar-refractivity contribution in [3.05, 3.63) is 23.8 Å². The van der Waals surface area contributed by atoms with Crippen LogP contribution >= 0.6 is 0 Å². The number of ether oxygens (including phenoxy) is 1. The molecule has 158 valence electrons. The van der Waals surface area contributed by atoms with Gasteiger partial charge in [-0.2, -0.15) is 0 Å². The highest BCUT2D eigenvalue weighted by atomic mass is 32.2. The van der Waals surface area contributed by atoms with E-state index in [-0.39, 0.29) is 35.9 Å². The van der Waals surface area contributed by atoms with Crippen LogP contribution in [0.5, 0.6) is 0 Å². The zero-order chi connectivity index (χ0) is 21.4. The minimum atomic E-state index is -3.70. The molecule has 1 aliphatic rings. The molecule has 1 fully saturated rings. The van der Waals surface area contributed by atoms with Crippen molar-refractivity contribution in [2.75, 3.05) is 58.4 Å². The second-order valence-electron chi connectivity index (χ2n) is 6.55. The fourth-order valence-corrected chi connectivity index (χ4v) is 3.70. The number of sulfonamides is 1. The van der Waals surface area contributed by atoms with Gasteiger partial charge in [0.2, 0.25) is 15.9 Å². The van der Waals surface area contributed by atoms with Gasteiger partial charge in [0.1, 0.15) is 0 Å². The van der Waals surface area contributed by atoms with Crippen LogP contribution in [0.25, 0.3) is 0 Å². The van der Waals surface area contributed by atoms with Gasteiger partial charge in [-0.1, -0.05) is 5.92 Å². The average molecular weight is 423 g/mol. The lowest BCUT2D eigenvalue weighted by Gasteiger charge is -2.30. The molecular formula is C19H26N4O5S. The molecule has 10 heteroatoms. The molecule has 0 unspecified atom stereocenters. The number of nitrogens with zero attached hydrogens (tertiary/aromatic N) is 2. The molecular weight excluding hydrogens is 396 g/mol. The van der Waals surface area contributed by atoms with Crippen molar-refractivity contribution < 1.29 is 22.7 Å². The quantitative estimate of drug-likeness (QED) is 0.554. The maximum atomic E-state index is 12.8. The van der Waals surface area contributed by atoms with Crippen LogP contribution in [0, 0.1) is 12.3 Å². The Kier molecular flexibility index (Phi) is 8.01. The lowest BCUT2D eigenvalue weighted by molar-refractivity contribution is -0.120. The van der Waals surface area contributed by atoms with Crippen LogP contribution in [0.15, 0.2) is 23.1 Å². The normalized spacial score (nSPS) is 14.3. The van der Waals surface area contributed by atoms with E-state index in [0.29, 0.717) is 32.0 Å². The molecule has 2 rings (SSSR count). The Bertz CT molecular complexity index is 886. The van der Waals surface area contributed by atoms with Crippen LogP contribution < -0.4 is 15.5 Å². The van der Waals surface area contributed by atoms with Crippen molar-refractivity contribution in [3.63, 3.8) is 0 Å². The zero-order valence-corrected chi connectivity index (χ0v) is 17.4. The molecule has 2 amide bonds. The number of hydrogen-bond donors (Lipinski definition) is 2. The molecule has 1 aromatic rings. The molecule has 1 saturated heterocycles. The summed E-state index contributed by atoms with van der Waals surface area (Å²) in [6.07, 6.45) is 5.15. The monoisotopic (exact) mass is 422 g/mol. The van der Waals surface area contributed by atoms with E-state index in [0.717, 1.165) is 4.31 Å². The van der Waals surface area contributed by atoms with E-state index in [2.05, 4.69) is 16.6 Å². The first kappa shape index (κ1) is 22.7. The van der Waals surface area contributed by atoms with Crippen LogP contribution in [0.1, 0.15) is 16.8 Å². The van der Waals surface area contributed by atoms with E-state index in [1.165, 1.54) is 26.2 Å². The highest BCUT2D eigenvalue weighted by Crippen LogP contribution is 2.26. The highest BCUT2D eigenvalue weighted by Gasteiger charge is 2.24. The Morgan fingerprint density at radius 3 is 2.55 bits per heavy atom. The number of nitrogens with one attached hydrogen (secondary N) is 2. The number of anilines is 1. The highest BCUT2D eigenvalue weighted by molar-refractivity contribution is 7.89. The molecule has 9 nitrogen and oxygen atoms in total.